The van der Waals surface area contributed by atoms with Crippen molar-refractivity contribution in [2.45, 2.75) is 24.3 Å². The van der Waals surface area contributed by atoms with Crippen LogP contribution in [0.5, 0.6) is 0 Å². The van der Waals surface area contributed by atoms with Crippen molar-refractivity contribution in [2.24, 2.45) is 0 Å². The van der Waals surface area contributed by atoms with E-state index in [-0.39, 0.29) is 5.76 Å². The quantitative estimate of drug-likeness (QED) is 0.395. The molecule has 0 fully saturated rings. The normalized spacial score (nSPS) is 20.5. The molecule has 5 nitrogen and oxygen atoms in total. The van der Waals surface area contributed by atoms with Gasteiger partial charge in [-0.1, -0.05) is 15.9 Å². The first-order chi connectivity index (χ1) is 6.74. The number of aliphatic hydroxyl groups is 5. The standard InChI is InChI=1S/C9H15BrO5/c1-5(12)3-9(10,4-11)8(15)7(14)6(2)13/h3,6,11-15H,4H2,1-2H3/b5-3+,8-7-. The number of rotatable bonds is 4. The summed E-state index contributed by atoms with van der Waals surface area (Å²) in [5, 5.41) is 46.0. The van der Waals surface area contributed by atoms with E-state index in [9.17, 15) is 10.2 Å². The molecule has 2 atom stereocenters. The highest BCUT2D eigenvalue weighted by atomic mass is 79.9. The highest BCUT2D eigenvalue weighted by molar-refractivity contribution is 9.10. The third-order valence-electron chi connectivity index (χ3n) is 1.70. The van der Waals surface area contributed by atoms with E-state index in [4.69, 9.17) is 15.3 Å². The van der Waals surface area contributed by atoms with Crippen molar-refractivity contribution < 1.29 is 25.5 Å². The van der Waals surface area contributed by atoms with Gasteiger partial charge >= 0.3 is 0 Å². The molecule has 0 aliphatic heterocycles. The highest BCUT2D eigenvalue weighted by Gasteiger charge is 2.33. The lowest BCUT2D eigenvalue weighted by atomic mass is 10.0. The SMILES string of the molecule is C/C(O)=C\C(Br)(CO)/C(O)=C(/O)C(C)O. The number of hydrogen-bond donors (Lipinski definition) is 5. The third-order valence-corrected chi connectivity index (χ3v) is 2.56. The fourth-order valence-corrected chi connectivity index (χ4v) is 1.47. The smallest absolute Gasteiger partial charge is 0.160 e. The van der Waals surface area contributed by atoms with Gasteiger partial charge in [0.2, 0.25) is 0 Å². The molecule has 0 saturated carbocycles. The van der Waals surface area contributed by atoms with Crippen LogP contribution >= 0.6 is 15.9 Å². The summed E-state index contributed by atoms with van der Waals surface area (Å²) in [5.41, 5.74) is 0. The van der Waals surface area contributed by atoms with Crippen molar-refractivity contribution in [3.63, 3.8) is 0 Å². The molecule has 0 aromatic rings. The van der Waals surface area contributed by atoms with Crippen molar-refractivity contribution in [3.05, 3.63) is 23.4 Å². The largest absolute Gasteiger partial charge is 0.513 e. The first kappa shape index (κ1) is 14.3. The molecular formula is C9H15BrO5. The van der Waals surface area contributed by atoms with Gasteiger partial charge in [0.25, 0.3) is 0 Å². The van der Waals surface area contributed by atoms with Crippen LogP contribution in [0.15, 0.2) is 23.4 Å². The average molecular weight is 283 g/mol. The molecular weight excluding hydrogens is 268 g/mol. The third kappa shape index (κ3) is 3.73. The molecule has 0 aromatic carbocycles. The van der Waals surface area contributed by atoms with Gasteiger partial charge in [0.05, 0.1) is 12.4 Å². The maximum atomic E-state index is 9.56. The van der Waals surface area contributed by atoms with E-state index in [1.165, 1.54) is 13.8 Å². The summed E-state index contributed by atoms with van der Waals surface area (Å²) in [4.78, 5) is 0. The van der Waals surface area contributed by atoms with Crippen LogP contribution in [0.4, 0.5) is 0 Å². The zero-order valence-electron chi connectivity index (χ0n) is 8.48. The second-order valence-corrected chi connectivity index (χ2v) is 4.63. The zero-order valence-corrected chi connectivity index (χ0v) is 10.1. The predicted octanol–water partition coefficient (Wildman–Crippen LogP) is 1.28. The first-order valence-electron chi connectivity index (χ1n) is 4.23. The Hall–Kier alpha value is -0.720. The van der Waals surface area contributed by atoms with Gasteiger partial charge < -0.3 is 25.5 Å². The lowest BCUT2D eigenvalue weighted by molar-refractivity contribution is 0.145. The summed E-state index contributed by atoms with van der Waals surface area (Å²) in [7, 11) is 0. The zero-order chi connectivity index (χ0) is 12.2. The summed E-state index contributed by atoms with van der Waals surface area (Å²) in [6.45, 7) is 2.01. The highest BCUT2D eigenvalue weighted by Crippen LogP contribution is 2.30. The van der Waals surface area contributed by atoms with Crippen LogP contribution in [0.2, 0.25) is 0 Å². The lowest BCUT2D eigenvalue weighted by Gasteiger charge is -2.22. The number of aliphatic hydroxyl groups excluding tert-OH is 5. The number of allylic oxidation sites excluding steroid dienone is 1. The molecule has 0 amide bonds. The predicted molar refractivity (Wildman–Crippen MR) is 59.1 cm³/mol. The van der Waals surface area contributed by atoms with Crippen LogP contribution in [-0.2, 0) is 0 Å². The molecule has 0 saturated heterocycles. The molecule has 0 spiro atoms. The summed E-state index contributed by atoms with van der Waals surface area (Å²) >= 11 is 2.95. The molecule has 0 rings (SSSR count). The van der Waals surface area contributed by atoms with Gasteiger partial charge in [-0.2, -0.15) is 0 Å². The van der Waals surface area contributed by atoms with Crippen molar-refractivity contribution in [1.29, 1.82) is 0 Å². The van der Waals surface area contributed by atoms with E-state index in [0.29, 0.717) is 0 Å². The molecule has 0 aliphatic rings. The number of halogens is 1. The van der Waals surface area contributed by atoms with Gasteiger partial charge in [0.1, 0.15) is 10.4 Å². The topological polar surface area (TPSA) is 101 Å². The van der Waals surface area contributed by atoms with Crippen molar-refractivity contribution in [1.82, 2.24) is 0 Å². The molecule has 2 unspecified atom stereocenters. The molecule has 15 heavy (non-hydrogen) atoms. The number of hydrogen-bond acceptors (Lipinski definition) is 5. The molecule has 0 radical (unpaired) electrons. The number of alkyl halides is 1. The van der Waals surface area contributed by atoms with Crippen LogP contribution < -0.4 is 0 Å². The monoisotopic (exact) mass is 282 g/mol. The molecule has 0 aromatic heterocycles. The summed E-state index contributed by atoms with van der Waals surface area (Å²) in [5.74, 6) is -1.46. The van der Waals surface area contributed by atoms with Crippen molar-refractivity contribution in [3.8, 4) is 0 Å². The molecule has 6 heteroatoms. The van der Waals surface area contributed by atoms with Crippen LogP contribution in [0, 0.1) is 0 Å². The lowest BCUT2D eigenvalue weighted by Crippen LogP contribution is -2.29. The first-order valence-corrected chi connectivity index (χ1v) is 5.02. The van der Waals surface area contributed by atoms with Crippen LogP contribution in [-0.4, -0.2) is 42.6 Å². The fourth-order valence-electron chi connectivity index (χ4n) is 0.931. The summed E-state index contributed by atoms with van der Waals surface area (Å²) in [6.07, 6.45) is -0.151. The average Bonchev–Trinajstić information content (AvgIpc) is 2.14. The van der Waals surface area contributed by atoms with Gasteiger partial charge in [-0.25, -0.2) is 0 Å². The van der Waals surface area contributed by atoms with Crippen molar-refractivity contribution >= 4 is 15.9 Å². The Morgan fingerprint density at radius 2 is 1.87 bits per heavy atom. The maximum absolute atomic E-state index is 9.56. The Morgan fingerprint density at radius 3 is 2.13 bits per heavy atom. The molecule has 0 bridgehead atoms. The van der Waals surface area contributed by atoms with E-state index < -0.39 is 28.6 Å². The van der Waals surface area contributed by atoms with E-state index in [1.54, 1.807) is 0 Å². The molecule has 0 aliphatic carbocycles. The van der Waals surface area contributed by atoms with Gasteiger partial charge in [0, 0.05) is 0 Å². The van der Waals surface area contributed by atoms with E-state index >= 15 is 0 Å². The Bertz CT molecular complexity index is 280. The summed E-state index contributed by atoms with van der Waals surface area (Å²) < 4.78 is -1.49. The van der Waals surface area contributed by atoms with E-state index in [2.05, 4.69) is 15.9 Å². The van der Waals surface area contributed by atoms with Crippen LogP contribution in [0.3, 0.4) is 0 Å². The van der Waals surface area contributed by atoms with Gasteiger partial charge in [0.15, 0.2) is 11.5 Å². The van der Waals surface area contributed by atoms with Gasteiger partial charge in [-0.15, -0.1) is 0 Å². The Kier molecular flexibility index (Phi) is 5.13. The Morgan fingerprint density at radius 1 is 1.40 bits per heavy atom. The minimum Gasteiger partial charge on any atom is -0.513 e. The van der Waals surface area contributed by atoms with E-state index in [0.717, 1.165) is 6.08 Å². The van der Waals surface area contributed by atoms with Crippen LogP contribution in [0.1, 0.15) is 13.8 Å². The second-order valence-electron chi connectivity index (χ2n) is 3.22. The minimum absolute atomic E-state index is 0.147. The Labute approximate surface area is 96.1 Å². The van der Waals surface area contributed by atoms with Crippen LogP contribution in [0.25, 0.3) is 0 Å². The molecule has 5 N–H and O–H groups in total. The molecule has 0 heterocycles. The van der Waals surface area contributed by atoms with E-state index in [1.807, 2.05) is 0 Å². The van der Waals surface area contributed by atoms with Gasteiger partial charge in [-0.05, 0) is 19.9 Å². The fraction of sp³-hybridized carbons (Fsp3) is 0.556. The van der Waals surface area contributed by atoms with Gasteiger partial charge in [-0.3, -0.25) is 0 Å². The Balaban J connectivity index is 5.31. The second kappa shape index (κ2) is 5.39. The molecule has 88 valence electrons. The minimum atomic E-state index is -1.49. The maximum Gasteiger partial charge on any atom is 0.160 e. The van der Waals surface area contributed by atoms with Crippen molar-refractivity contribution in [2.75, 3.05) is 6.61 Å². The summed E-state index contributed by atoms with van der Waals surface area (Å²) in [6, 6.07) is 0.